The van der Waals surface area contributed by atoms with E-state index in [1.807, 2.05) is 30.4 Å². The van der Waals surface area contributed by atoms with E-state index in [1.54, 1.807) is 31.2 Å². The number of carbonyl (C=O) groups is 1. The van der Waals surface area contributed by atoms with Gasteiger partial charge in [0.1, 0.15) is 5.75 Å². The standard InChI is InChI=1S/C42H65NO8/c1-3-4-8-16-35(46)25-22-33(21-20-32-14-9-7-10-15-32)38(29-37(48)30-45)40(18-11-5-6-12-19-41(49)50)43-31-42(2,51)39(17-13-28-44)34-23-26-36(47)27-24-34/h7,9-10,14-15,22-27,35,37,39-40,43-48,51H,3-6,8,11-13,16-21,28-31H2,1-2H3,(H,49,50)/b25-22+,38-33+/t35-,37-,39+,40-,42+/m0/s1. The fraction of sp³-hybridized carbons (Fsp3) is 0.595. The lowest BCUT2D eigenvalue weighted by atomic mass is 9.79. The predicted molar refractivity (Wildman–Crippen MR) is 204 cm³/mol. The lowest BCUT2D eigenvalue weighted by molar-refractivity contribution is -0.137. The number of aryl methyl sites for hydroxylation is 1. The number of aliphatic carboxylic acids is 1. The van der Waals surface area contributed by atoms with E-state index in [4.69, 9.17) is 5.11 Å². The van der Waals surface area contributed by atoms with Crippen LogP contribution < -0.4 is 5.32 Å². The molecule has 0 saturated carbocycles. The highest BCUT2D eigenvalue weighted by Gasteiger charge is 2.34. The van der Waals surface area contributed by atoms with Crippen LogP contribution in [0.25, 0.3) is 0 Å². The topological polar surface area (TPSA) is 171 Å². The van der Waals surface area contributed by atoms with E-state index in [2.05, 4.69) is 24.4 Å². The van der Waals surface area contributed by atoms with Gasteiger partial charge in [-0.1, -0.05) is 100 Å². The number of benzene rings is 2. The third-order valence-electron chi connectivity index (χ3n) is 9.69. The van der Waals surface area contributed by atoms with E-state index in [-0.39, 0.29) is 43.7 Å². The average Bonchev–Trinajstić information content (AvgIpc) is 3.11. The Bertz CT molecular complexity index is 1280. The molecule has 8 N–H and O–H groups in total. The molecule has 5 atom stereocenters. The molecule has 2 rings (SSSR count). The first kappa shape index (κ1) is 44.1. The number of aromatic hydroxyl groups is 1. The van der Waals surface area contributed by atoms with Crippen LogP contribution in [0.1, 0.15) is 121 Å². The summed E-state index contributed by atoms with van der Waals surface area (Å²) in [5.41, 5.74) is 2.60. The molecule has 0 fully saturated rings. The quantitative estimate of drug-likeness (QED) is 0.0360. The first-order valence-corrected chi connectivity index (χ1v) is 19.0. The summed E-state index contributed by atoms with van der Waals surface area (Å²) in [7, 11) is 0. The van der Waals surface area contributed by atoms with Crippen LogP contribution in [0.5, 0.6) is 5.75 Å². The smallest absolute Gasteiger partial charge is 0.303 e. The number of rotatable bonds is 28. The van der Waals surface area contributed by atoms with Crippen LogP contribution >= 0.6 is 0 Å². The molecule has 0 radical (unpaired) electrons. The van der Waals surface area contributed by atoms with E-state index >= 15 is 0 Å². The molecule has 9 heteroatoms. The number of nitrogens with one attached hydrogen (secondary N) is 1. The second-order valence-corrected chi connectivity index (χ2v) is 14.1. The number of carboxylic acid groups (broad SMARTS) is 1. The highest BCUT2D eigenvalue weighted by molar-refractivity contribution is 5.66. The van der Waals surface area contributed by atoms with Crippen LogP contribution in [0.3, 0.4) is 0 Å². The van der Waals surface area contributed by atoms with Crippen LogP contribution in [-0.4, -0.2) is 85.3 Å². The number of allylic oxidation sites excluding steroid dienone is 2. The third kappa shape index (κ3) is 17.8. The molecule has 0 aliphatic carbocycles. The van der Waals surface area contributed by atoms with Gasteiger partial charge >= 0.3 is 5.97 Å². The SMILES string of the molecule is CCCCC[C@H](O)/C=C/C(CCc1ccccc1)=C(\C[C@H](O)CO)[C@H](CCCCCCC(=O)O)NC[C@@](C)(O)[C@H](CCCO)c1ccc(O)cc1. The fourth-order valence-electron chi connectivity index (χ4n) is 6.69. The Morgan fingerprint density at radius 1 is 0.863 bits per heavy atom. The van der Waals surface area contributed by atoms with Gasteiger partial charge in [0.15, 0.2) is 0 Å². The van der Waals surface area contributed by atoms with Crippen molar-refractivity contribution in [2.24, 2.45) is 0 Å². The van der Waals surface area contributed by atoms with Crippen molar-refractivity contribution >= 4 is 5.97 Å². The zero-order valence-corrected chi connectivity index (χ0v) is 30.9. The monoisotopic (exact) mass is 711 g/mol. The Balaban J connectivity index is 2.55. The predicted octanol–water partition coefficient (Wildman–Crippen LogP) is 6.55. The summed E-state index contributed by atoms with van der Waals surface area (Å²) in [5.74, 6) is -1.03. The Morgan fingerprint density at radius 2 is 1.55 bits per heavy atom. The van der Waals surface area contributed by atoms with E-state index < -0.39 is 30.4 Å². The molecule has 51 heavy (non-hydrogen) atoms. The van der Waals surface area contributed by atoms with Gasteiger partial charge in [0, 0.05) is 31.5 Å². The van der Waals surface area contributed by atoms with Gasteiger partial charge in [-0.15, -0.1) is 0 Å². The molecule has 9 nitrogen and oxygen atoms in total. The summed E-state index contributed by atoms with van der Waals surface area (Å²) in [6.07, 6.45) is 12.1. The molecule has 0 aromatic heterocycles. The van der Waals surface area contributed by atoms with Gasteiger partial charge in [0.2, 0.25) is 0 Å². The van der Waals surface area contributed by atoms with Gasteiger partial charge in [0.25, 0.3) is 0 Å². The summed E-state index contributed by atoms with van der Waals surface area (Å²) in [6, 6.07) is 16.6. The van der Waals surface area contributed by atoms with Gasteiger partial charge < -0.3 is 41.1 Å². The molecule has 0 amide bonds. The Hall–Kier alpha value is -3.05. The fourth-order valence-corrected chi connectivity index (χ4v) is 6.69. The number of hydrogen-bond acceptors (Lipinski definition) is 8. The van der Waals surface area contributed by atoms with Crippen LogP contribution in [-0.2, 0) is 11.2 Å². The minimum atomic E-state index is -1.26. The summed E-state index contributed by atoms with van der Waals surface area (Å²) in [4.78, 5) is 11.1. The van der Waals surface area contributed by atoms with Crippen LogP contribution in [0.4, 0.5) is 0 Å². The number of unbranched alkanes of at least 4 members (excludes halogenated alkanes) is 5. The van der Waals surface area contributed by atoms with Gasteiger partial charge in [0.05, 0.1) is 24.4 Å². The van der Waals surface area contributed by atoms with Crippen molar-refractivity contribution in [3.05, 3.63) is 89.0 Å². The molecule has 0 unspecified atom stereocenters. The van der Waals surface area contributed by atoms with Crippen molar-refractivity contribution in [2.45, 2.75) is 140 Å². The summed E-state index contributed by atoms with van der Waals surface area (Å²) >= 11 is 0. The Morgan fingerprint density at radius 3 is 2.20 bits per heavy atom. The number of phenolic OH excluding ortho intramolecular Hbond substituents is 1. The molecular formula is C42H65NO8. The lowest BCUT2D eigenvalue weighted by Crippen LogP contribution is -2.47. The average molecular weight is 712 g/mol. The highest BCUT2D eigenvalue weighted by atomic mass is 16.4. The number of phenols is 1. The molecule has 0 heterocycles. The lowest BCUT2D eigenvalue weighted by Gasteiger charge is -2.36. The molecule has 0 aliphatic heterocycles. The van der Waals surface area contributed by atoms with E-state index in [0.717, 1.165) is 67.2 Å². The van der Waals surface area contributed by atoms with Gasteiger partial charge in [-0.2, -0.15) is 0 Å². The van der Waals surface area contributed by atoms with Crippen LogP contribution in [0.2, 0.25) is 0 Å². The third-order valence-corrected chi connectivity index (χ3v) is 9.69. The van der Waals surface area contributed by atoms with Crippen molar-refractivity contribution < 1.29 is 40.5 Å². The maximum Gasteiger partial charge on any atom is 0.303 e. The Labute approximate surface area is 305 Å². The number of aliphatic hydroxyl groups excluding tert-OH is 4. The minimum Gasteiger partial charge on any atom is -0.508 e. The zero-order valence-electron chi connectivity index (χ0n) is 30.9. The van der Waals surface area contributed by atoms with Gasteiger partial charge in [-0.3, -0.25) is 4.79 Å². The van der Waals surface area contributed by atoms with Crippen LogP contribution in [0, 0.1) is 0 Å². The van der Waals surface area contributed by atoms with Crippen molar-refractivity contribution in [3.8, 4) is 5.75 Å². The van der Waals surface area contributed by atoms with Gasteiger partial charge in [-0.25, -0.2) is 0 Å². The zero-order chi connectivity index (χ0) is 37.5. The normalized spacial score (nSPS) is 16.0. The molecule has 0 spiro atoms. The Kier molecular flexibility index (Phi) is 21.6. The summed E-state index contributed by atoms with van der Waals surface area (Å²) in [6.45, 7) is 3.65. The van der Waals surface area contributed by atoms with Crippen molar-refractivity contribution in [1.29, 1.82) is 0 Å². The molecule has 0 saturated heterocycles. The number of hydrogen-bond donors (Lipinski definition) is 8. The van der Waals surface area contributed by atoms with E-state index in [1.165, 1.54) is 0 Å². The van der Waals surface area contributed by atoms with Gasteiger partial charge in [-0.05, 0) is 92.7 Å². The van der Waals surface area contributed by atoms with E-state index in [9.17, 15) is 35.4 Å². The molecular weight excluding hydrogens is 646 g/mol. The first-order valence-electron chi connectivity index (χ1n) is 19.0. The van der Waals surface area contributed by atoms with Crippen molar-refractivity contribution in [3.63, 3.8) is 0 Å². The van der Waals surface area contributed by atoms with E-state index in [0.29, 0.717) is 38.5 Å². The largest absolute Gasteiger partial charge is 0.508 e. The highest BCUT2D eigenvalue weighted by Crippen LogP contribution is 2.34. The molecule has 2 aromatic rings. The first-order chi connectivity index (χ1) is 24.5. The second kappa shape index (κ2) is 25.0. The molecule has 286 valence electrons. The molecule has 2 aromatic carbocycles. The summed E-state index contributed by atoms with van der Waals surface area (Å²) in [5, 5.41) is 76.1. The number of aliphatic hydroxyl groups is 5. The molecule has 0 aliphatic rings. The maximum absolute atomic E-state index is 12.0. The minimum absolute atomic E-state index is 0.0179. The summed E-state index contributed by atoms with van der Waals surface area (Å²) < 4.78 is 0. The maximum atomic E-state index is 12.0. The number of carboxylic acids is 1. The van der Waals surface area contributed by atoms with Crippen LogP contribution in [0.15, 0.2) is 77.9 Å². The van der Waals surface area contributed by atoms with Crippen molar-refractivity contribution in [2.75, 3.05) is 19.8 Å². The second-order valence-electron chi connectivity index (χ2n) is 14.1. The molecule has 0 bridgehead atoms. The van der Waals surface area contributed by atoms with Crippen molar-refractivity contribution in [1.82, 2.24) is 5.32 Å².